The van der Waals surface area contributed by atoms with Crippen LogP contribution >= 0.6 is 0 Å². The van der Waals surface area contributed by atoms with Gasteiger partial charge in [-0.25, -0.2) is 4.39 Å². The Bertz CT molecular complexity index is 370. The minimum Gasteiger partial charge on any atom is -0.369 e. The van der Waals surface area contributed by atoms with Crippen molar-refractivity contribution in [1.29, 1.82) is 0 Å². The largest absolute Gasteiger partial charge is 0.369 e. The molecule has 4 unspecified atom stereocenters. The molecule has 0 radical (unpaired) electrons. The molecule has 0 aromatic carbocycles. The van der Waals surface area contributed by atoms with Crippen molar-refractivity contribution in [1.82, 2.24) is 10.2 Å². The first-order chi connectivity index (χ1) is 8.61. The SMILES string of the molecule is CC1CN(C2=CCC(NC=O)C=C2)C(F)C(C)O1. The van der Waals surface area contributed by atoms with Gasteiger partial charge in [-0.05, 0) is 26.3 Å². The van der Waals surface area contributed by atoms with Gasteiger partial charge in [-0.1, -0.05) is 12.2 Å². The van der Waals surface area contributed by atoms with Crippen LogP contribution in [-0.4, -0.2) is 42.4 Å². The Morgan fingerprint density at radius 1 is 1.56 bits per heavy atom. The van der Waals surface area contributed by atoms with Crippen LogP contribution in [0.2, 0.25) is 0 Å². The van der Waals surface area contributed by atoms with Gasteiger partial charge in [0.1, 0.15) is 6.10 Å². The third-order valence-electron chi connectivity index (χ3n) is 3.28. The van der Waals surface area contributed by atoms with E-state index in [1.165, 1.54) is 0 Å². The van der Waals surface area contributed by atoms with Gasteiger partial charge in [0.2, 0.25) is 6.41 Å². The highest BCUT2D eigenvalue weighted by molar-refractivity contribution is 5.48. The van der Waals surface area contributed by atoms with Crippen molar-refractivity contribution in [3.63, 3.8) is 0 Å². The number of alkyl halides is 1. The molecule has 18 heavy (non-hydrogen) atoms. The van der Waals surface area contributed by atoms with Crippen LogP contribution in [0, 0.1) is 0 Å². The van der Waals surface area contributed by atoms with Crippen molar-refractivity contribution in [3.05, 3.63) is 23.9 Å². The van der Waals surface area contributed by atoms with E-state index in [4.69, 9.17) is 4.74 Å². The van der Waals surface area contributed by atoms with Gasteiger partial charge in [0, 0.05) is 12.2 Å². The molecular weight excluding hydrogens is 235 g/mol. The maximum Gasteiger partial charge on any atom is 0.207 e. The molecule has 1 saturated heterocycles. The fourth-order valence-electron chi connectivity index (χ4n) is 2.39. The minimum absolute atomic E-state index is 0.0141. The highest BCUT2D eigenvalue weighted by Gasteiger charge is 2.33. The molecule has 4 atom stereocenters. The Morgan fingerprint density at radius 3 is 2.94 bits per heavy atom. The van der Waals surface area contributed by atoms with Crippen LogP contribution in [0.3, 0.4) is 0 Å². The molecule has 1 fully saturated rings. The molecule has 1 aliphatic carbocycles. The van der Waals surface area contributed by atoms with E-state index in [1.807, 2.05) is 25.2 Å². The van der Waals surface area contributed by atoms with Crippen LogP contribution in [0.25, 0.3) is 0 Å². The topological polar surface area (TPSA) is 41.6 Å². The predicted octanol–water partition coefficient (Wildman–Crippen LogP) is 1.35. The number of hydrogen-bond acceptors (Lipinski definition) is 3. The number of nitrogens with zero attached hydrogens (tertiary/aromatic N) is 1. The molecule has 1 N–H and O–H groups in total. The van der Waals surface area contributed by atoms with Gasteiger partial charge in [0.25, 0.3) is 0 Å². The number of ether oxygens (including phenoxy) is 1. The number of halogens is 1. The normalized spacial score (nSPS) is 36.2. The quantitative estimate of drug-likeness (QED) is 0.610. The standard InChI is InChI=1S/C13H19FN2O2/c1-9-7-16(13(14)10(2)18-9)12-5-3-11(4-6-12)15-8-17/h3,5-6,8-11,13H,4,7H2,1-2H3,(H,15,17). The van der Waals surface area contributed by atoms with Gasteiger partial charge in [0.15, 0.2) is 6.30 Å². The molecule has 5 heteroatoms. The number of nitrogens with one attached hydrogen (secondary N) is 1. The van der Waals surface area contributed by atoms with E-state index in [0.29, 0.717) is 19.4 Å². The Balaban J connectivity index is 2.03. The summed E-state index contributed by atoms with van der Waals surface area (Å²) in [6.07, 6.45) is 5.57. The maximum absolute atomic E-state index is 14.1. The van der Waals surface area contributed by atoms with E-state index >= 15 is 0 Å². The lowest BCUT2D eigenvalue weighted by Crippen LogP contribution is -2.50. The van der Waals surface area contributed by atoms with Gasteiger partial charge >= 0.3 is 0 Å². The molecule has 100 valence electrons. The molecule has 2 aliphatic rings. The smallest absolute Gasteiger partial charge is 0.207 e. The second kappa shape index (κ2) is 5.52. The van der Waals surface area contributed by atoms with E-state index in [-0.39, 0.29) is 12.1 Å². The number of hydrogen-bond donors (Lipinski definition) is 1. The third kappa shape index (κ3) is 2.72. The van der Waals surface area contributed by atoms with Crippen molar-refractivity contribution >= 4 is 6.41 Å². The summed E-state index contributed by atoms with van der Waals surface area (Å²) in [7, 11) is 0. The van der Waals surface area contributed by atoms with Gasteiger partial charge in [0.05, 0.1) is 12.1 Å². The number of morpholine rings is 1. The first kappa shape index (κ1) is 13.1. The van der Waals surface area contributed by atoms with Gasteiger partial charge in [-0.15, -0.1) is 0 Å². The summed E-state index contributed by atoms with van der Waals surface area (Å²) in [5.41, 5.74) is 0.869. The molecule has 0 spiro atoms. The van der Waals surface area contributed by atoms with Gasteiger partial charge in [-0.2, -0.15) is 0 Å². The zero-order valence-corrected chi connectivity index (χ0v) is 10.7. The summed E-state index contributed by atoms with van der Waals surface area (Å²) in [4.78, 5) is 12.1. The minimum atomic E-state index is -1.12. The number of carbonyl (C=O) groups excluding carboxylic acids is 1. The van der Waals surface area contributed by atoms with E-state index in [9.17, 15) is 9.18 Å². The maximum atomic E-state index is 14.1. The molecule has 1 amide bonds. The molecule has 0 aromatic heterocycles. The first-order valence-corrected chi connectivity index (χ1v) is 6.26. The molecular formula is C13H19FN2O2. The third-order valence-corrected chi connectivity index (χ3v) is 3.28. The number of carbonyl (C=O) groups is 1. The Hall–Kier alpha value is -1.36. The zero-order valence-electron chi connectivity index (χ0n) is 10.7. The lowest BCUT2D eigenvalue weighted by molar-refractivity contribution is -0.132. The summed E-state index contributed by atoms with van der Waals surface area (Å²) in [5, 5.41) is 2.69. The van der Waals surface area contributed by atoms with E-state index < -0.39 is 12.4 Å². The van der Waals surface area contributed by atoms with Crippen molar-refractivity contribution in [2.75, 3.05) is 6.54 Å². The summed E-state index contributed by atoms with van der Waals surface area (Å²) in [6.45, 7) is 4.24. The van der Waals surface area contributed by atoms with E-state index in [0.717, 1.165) is 5.70 Å². The van der Waals surface area contributed by atoms with E-state index in [2.05, 4.69) is 5.32 Å². The monoisotopic (exact) mass is 254 g/mol. The lowest BCUT2D eigenvalue weighted by Gasteiger charge is -2.41. The summed E-state index contributed by atoms with van der Waals surface area (Å²) < 4.78 is 19.6. The van der Waals surface area contributed by atoms with E-state index in [1.54, 1.807) is 11.8 Å². The second-order valence-electron chi connectivity index (χ2n) is 4.79. The van der Waals surface area contributed by atoms with Gasteiger partial charge in [-0.3, -0.25) is 4.79 Å². The number of amides is 1. The molecule has 1 heterocycles. The average molecular weight is 254 g/mol. The highest BCUT2D eigenvalue weighted by atomic mass is 19.1. The zero-order chi connectivity index (χ0) is 13.1. The molecule has 2 rings (SSSR count). The Kier molecular flexibility index (Phi) is 4.01. The lowest BCUT2D eigenvalue weighted by atomic mass is 10.0. The van der Waals surface area contributed by atoms with Crippen LogP contribution < -0.4 is 5.32 Å². The predicted molar refractivity (Wildman–Crippen MR) is 66.4 cm³/mol. The van der Waals surface area contributed by atoms with Crippen LogP contribution in [0.15, 0.2) is 23.9 Å². The molecule has 0 aromatic rings. The number of rotatable bonds is 3. The fourth-order valence-corrected chi connectivity index (χ4v) is 2.39. The Morgan fingerprint density at radius 2 is 2.33 bits per heavy atom. The molecule has 1 aliphatic heterocycles. The summed E-state index contributed by atoms with van der Waals surface area (Å²) in [5.74, 6) is 0. The molecule has 4 nitrogen and oxygen atoms in total. The highest BCUT2D eigenvalue weighted by Crippen LogP contribution is 2.26. The van der Waals surface area contributed by atoms with Crippen LogP contribution in [-0.2, 0) is 9.53 Å². The van der Waals surface area contributed by atoms with Crippen molar-refractivity contribution in [3.8, 4) is 0 Å². The first-order valence-electron chi connectivity index (χ1n) is 6.26. The second-order valence-corrected chi connectivity index (χ2v) is 4.79. The van der Waals surface area contributed by atoms with Crippen molar-refractivity contribution in [2.45, 2.75) is 44.8 Å². The molecule has 0 bridgehead atoms. The average Bonchev–Trinajstić information content (AvgIpc) is 2.35. The van der Waals surface area contributed by atoms with Gasteiger partial charge < -0.3 is 15.0 Å². The van der Waals surface area contributed by atoms with Crippen LogP contribution in [0.1, 0.15) is 20.3 Å². The van der Waals surface area contributed by atoms with Crippen LogP contribution in [0.4, 0.5) is 4.39 Å². The summed E-state index contributed by atoms with van der Waals surface area (Å²) in [6, 6.07) is 0.0141. The fraction of sp³-hybridized carbons (Fsp3) is 0.615. The molecule has 0 saturated carbocycles. The Labute approximate surface area is 106 Å². The van der Waals surface area contributed by atoms with Crippen molar-refractivity contribution in [2.24, 2.45) is 0 Å². The van der Waals surface area contributed by atoms with Crippen LogP contribution in [0.5, 0.6) is 0 Å². The van der Waals surface area contributed by atoms with Crippen molar-refractivity contribution < 1.29 is 13.9 Å². The number of allylic oxidation sites excluding steroid dienone is 1. The summed E-state index contributed by atoms with van der Waals surface area (Å²) >= 11 is 0.